The molecule has 1 N–H and O–H groups in total. The van der Waals surface area contributed by atoms with E-state index >= 15 is 0 Å². The first-order chi connectivity index (χ1) is 11.6. The Kier molecular flexibility index (Phi) is 4.10. The number of nitrogens with one attached hydrogen (secondary N) is 1. The number of anilines is 1. The Morgan fingerprint density at radius 3 is 2.88 bits per heavy atom. The Morgan fingerprint density at radius 2 is 2.12 bits per heavy atom. The molecule has 2 heterocycles. The molecule has 6 heteroatoms. The monoisotopic (exact) mass is 348 g/mol. The van der Waals surface area contributed by atoms with Crippen LogP contribution in [0.1, 0.15) is 29.3 Å². The lowest BCUT2D eigenvalue weighted by atomic mass is 9.96. The molecule has 2 aromatic rings. The van der Waals surface area contributed by atoms with Crippen LogP contribution in [0.2, 0.25) is 0 Å². The minimum atomic E-state index is -0.749. The SMILES string of the molecule is O=C(CN1CCc2sccc2[C@@H]1C1CC1)Nc1ccc(F)cc1F. The Bertz CT molecular complexity index is 772. The summed E-state index contributed by atoms with van der Waals surface area (Å²) < 4.78 is 26.6. The van der Waals surface area contributed by atoms with Crippen molar-refractivity contribution in [2.24, 2.45) is 5.92 Å². The third kappa shape index (κ3) is 3.08. The van der Waals surface area contributed by atoms with Gasteiger partial charge in [0.25, 0.3) is 0 Å². The van der Waals surface area contributed by atoms with Gasteiger partial charge in [-0.05, 0) is 54.3 Å². The van der Waals surface area contributed by atoms with Gasteiger partial charge in [0.05, 0.1) is 12.2 Å². The number of nitrogens with zero attached hydrogens (tertiary/aromatic N) is 1. The largest absolute Gasteiger partial charge is 0.322 e. The van der Waals surface area contributed by atoms with Gasteiger partial charge >= 0.3 is 0 Å². The summed E-state index contributed by atoms with van der Waals surface area (Å²) in [5.41, 5.74) is 1.38. The maximum atomic E-state index is 13.7. The number of hydrogen-bond donors (Lipinski definition) is 1. The van der Waals surface area contributed by atoms with Crippen molar-refractivity contribution in [3.8, 4) is 0 Å². The highest BCUT2D eigenvalue weighted by atomic mass is 32.1. The fraction of sp³-hybridized carbons (Fsp3) is 0.389. The molecule has 1 aliphatic heterocycles. The van der Waals surface area contributed by atoms with E-state index in [1.807, 2.05) is 0 Å². The molecular weight excluding hydrogens is 330 g/mol. The van der Waals surface area contributed by atoms with Gasteiger partial charge in [-0.3, -0.25) is 9.69 Å². The fourth-order valence-electron chi connectivity index (χ4n) is 3.50. The van der Waals surface area contributed by atoms with Gasteiger partial charge in [0.1, 0.15) is 11.6 Å². The zero-order valence-electron chi connectivity index (χ0n) is 13.1. The van der Waals surface area contributed by atoms with Crippen LogP contribution in [0.5, 0.6) is 0 Å². The molecule has 3 nitrogen and oxygen atoms in total. The van der Waals surface area contributed by atoms with Crippen LogP contribution in [0.3, 0.4) is 0 Å². The number of benzene rings is 1. The van der Waals surface area contributed by atoms with E-state index in [0.717, 1.165) is 25.1 Å². The van der Waals surface area contributed by atoms with Crippen molar-refractivity contribution in [3.63, 3.8) is 0 Å². The summed E-state index contributed by atoms with van der Waals surface area (Å²) in [6.45, 7) is 1.07. The van der Waals surface area contributed by atoms with Crippen molar-refractivity contribution < 1.29 is 13.6 Å². The molecule has 2 aliphatic rings. The average molecular weight is 348 g/mol. The van der Waals surface area contributed by atoms with Crippen LogP contribution in [-0.4, -0.2) is 23.9 Å². The molecule has 0 spiro atoms. The number of halogens is 2. The first-order valence-corrected chi connectivity index (χ1v) is 9.05. The molecule has 0 bridgehead atoms. The quantitative estimate of drug-likeness (QED) is 0.907. The van der Waals surface area contributed by atoms with E-state index in [1.54, 1.807) is 11.3 Å². The Balaban J connectivity index is 1.47. The fourth-order valence-corrected chi connectivity index (χ4v) is 4.42. The van der Waals surface area contributed by atoms with Crippen molar-refractivity contribution in [3.05, 3.63) is 51.7 Å². The summed E-state index contributed by atoms with van der Waals surface area (Å²) in [6, 6.07) is 5.65. The van der Waals surface area contributed by atoms with E-state index in [2.05, 4.69) is 21.7 Å². The highest BCUT2D eigenvalue weighted by Crippen LogP contribution is 2.48. The maximum absolute atomic E-state index is 13.7. The lowest BCUT2D eigenvalue weighted by Crippen LogP contribution is -2.41. The van der Waals surface area contributed by atoms with Crippen LogP contribution in [-0.2, 0) is 11.2 Å². The summed E-state index contributed by atoms with van der Waals surface area (Å²) in [7, 11) is 0. The Hall–Kier alpha value is -1.79. The van der Waals surface area contributed by atoms with Crippen LogP contribution < -0.4 is 5.32 Å². The van der Waals surface area contributed by atoms with Crippen molar-refractivity contribution in [2.45, 2.75) is 25.3 Å². The van der Waals surface area contributed by atoms with Gasteiger partial charge in [0.15, 0.2) is 0 Å². The summed E-state index contributed by atoms with van der Waals surface area (Å²) in [4.78, 5) is 16.0. The maximum Gasteiger partial charge on any atom is 0.238 e. The van der Waals surface area contributed by atoms with E-state index in [-0.39, 0.29) is 18.1 Å². The van der Waals surface area contributed by atoms with Crippen LogP contribution in [0, 0.1) is 17.6 Å². The molecule has 24 heavy (non-hydrogen) atoms. The molecule has 1 amide bonds. The van der Waals surface area contributed by atoms with E-state index in [4.69, 9.17) is 0 Å². The van der Waals surface area contributed by atoms with Crippen LogP contribution >= 0.6 is 11.3 Å². The highest BCUT2D eigenvalue weighted by molar-refractivity contribution is 7.10. The van der Waals surface area contributed by atoms with Crippen LogP contribution in [0.15, 0.2) is 29.6 Å². The second-order valence-corrected chi connectivity index (χ2v) is 7.47. The van der Waals surface area contributed by atoms with Gasteiger partial charge < -0.3 is 5.32 Å². The minimum absolute atomic E-state index is 0.0256. The smallest absolute Gasteiger partial charge is 0.238 e. The number of carbonyl (C=O) groups is 1. The van der Waals surface area contributed by atoms with Crippen molar-refractivity contribution in [1.29, 1.82) is 0 Å². The first-order valence-electron chi connectivity index (χ1n) is 8.17. The number of fused-ring (bicyclic) bond motifs is 1. The molecular formula is C18H18F2N2OS. The molecule has 0 unspecified atom stereocenters. The number of rotatable bonds is 4. The third-order valence-corrected chi connectivity index (χ3v) is 5.73. The molecule has 1 aromatic heterocycles. The minimum Gasteiger partial charge on any atom is -0.322 e. The molecule has 0 saturated heterocycles. The summed E-state index contributed by atoms with van der Waals surface area (Å²) in [6.07, 6.45) is 3.35. The third-order valence-electron chi connectivity index (χ3n) is 4.74. The van der Waals surface area contributed by atoms with E-state index in [0.29, 0.717) is 12.0 Å². The summed E-state index contributed by atoms with van der Waals surface area (Å²) >= 11 is 1.79. The zero-order valence-corrected chi connectivity index (χ0v) is 13.9. The van der Waals surface area contributed by atoms with Gasteiger partial charge in [-0.1, -0.05) is 0 Å². The van der Waals surface area contributed by atoms with Gasteiger partial charge in [0.2, 0.25) is 5.91 Å². The summed E-state index contributed by atoms with van der Waals surface area (Å²) in [5.74, 6) is -1.04. The van der Waals surface area contributed by atoms with Crippen molar-refractivity contribution >= 4 is 22.9 Å². The predicted octanol–water partition coefficient (Wildman–Crippen LogP) is 3.97. The Morgan fingerprint density at radius 1 is 1.29 bits per heavy atom. The lowest BCUT2D eigenvalue weighted by molar-refractivity contribution is -0.118. The second-order valence-electron chi connectivity index (χ2n) is 6.47. The Labute approximate surface area is 143 Å². The number of carbonyl (C=O) groups excluding carboxylic acids is 1. The highest BCUT2D eigenvalue weighted by Gasteiger charge is 2.40. The first kappa shape index (κ1) is 15.7. The van der Waals surface area contributed by atoms with E-state index in [1.165, 1.54) is 29.3 Å². The molecule has 126 valence electrons. The predicted molar refractivity (Wildman–Crippen MR) is 90.0 cm³/mol. The topological polar surface area (TPSA) is 32.3 Å². The normalized spacial score (nSPS) is 20.7. The van der Waals surface area contributed by atoms with Crippen molar-refractivity contribution in [1.82, 2.24) is 4.90 Å². The molecule has 1 aromatic carbocycles. The van der Waals surface area contributed by atoms with Crippen LogP contribution in [0.25, 0.3) is 0 Å². The van der Waals surface area contributed by atoms with Crippen molar-refractivity contribution in [2.75, 3.05) is 18.4 Å². The molecule has 0 radical (unpaired) electrons. The lowest BCUT2D eigenvalue weighted by Gasteiger charge is -2.35. The standard InChI is InChI=1S/C18H18F2N2OS/c19-12-3-4-15(14(20)9-12)21-17(23)10-22-7-5-16-13(6-8-24-16)18(22)11-1-2-11/h3-4,6,8-9,11,18H,1-2,5,7,10H2,(H,21,23)/t18-/m0/s1. The second kappa shape index (κ2) is 6.26. The number of amides is 1. The average Bonchev–Trinajstić information content (AvgIpc) is 3.26. The van der Waals surface area contributed by atoms with Gasteiger partial charge in [-0.15, -0.1) is 11.3 Å². The van der Waals surface area contributed by atoms with Crippen LogP contribution in [0.4, 0.5) is 14.5 Å². The molecule has 1 saturated carbocycles. The number of hydrogen-bond acceptors (Lipinski definition) is 3. The molecule has 4 rings (SSSR count). The van der Waals surface area contributed by atoms with E-state index in [9.17, 15) is 13.6 Å². The number of thiophene rings is 1. The molecule has 1 fully saturated rings. The summed E-state index contributed by atoms with van der Waals surface area (Å²) in [5, 5.41) is 4.69. The van der Waals surface area contributed by atoms with Gasteiger partial charge in [0, 0.05) is 23.5 Å². The van der Waals surface area contributed by atoms with Gasteiger partial charge in [-0.2, -0.15) is 0 Å². The van der Waals surface area contributed by atoms with Gasteiger partial charge in [-0.25, -0.2) is 8.78 Å². The molecule has 1 atom stereocenters. The van der Waals surface area contributed by atoms with E-state index < -0.39 is 11.6 Å². The molecule has 1 aliphatic carbocycles. The zero-order chi connectivity index (χ0) is 16.7.